The van der Waals surface area contributed by atoms with Gasteiger partial charge in [0.2, 0.25) is 5.88 Å². The average Bonchev–Trinajstić information content (AvgIpc) is 2.53. The minimum absolute atomic E-state index is 0.325. The van der Waals surface area contributed by atoms with Gasteiger partial charge in [-0.05, 0) is 64.3 Å². The van der Waals surface area contributed by atoms with Crippen LogP contribution in [-0.2, 0) is 0 Å². The normalized spacial score (nSPS) is 18.6. The van der Waals surface area contributed by atoms with Gasteiger partial charge in [-0.3, -0.25) is 0 Å². The number of methoxy groups -OCH3 is 1. The molecule has 0 radical (unpaired) electrons. The van der Waals surface area contributed by atoms with E-state index in [-0.39, 0.29) is 0 Å². The highest BCUT2D eigenvalue weighted by Gasteiger charge is 2.17. The smallest absolute Gasteiger partial charge is 0.213 e. The molecular weight excluding hydrogens is 262 g/mol. The molecule has 4 nitrogen and oxygen atoms in total. The van der Waals surface area contributed by atoms with Gasteiger partial charge in [-0.1, -0.05) is 13.0 Å². The molecule has 4 heteroatoms. The van der Waals surface area contributed by atoms with Crippen LogP contribution >= 0.6 is 0 Å². The number of nitrogens with one attached hydrogen (secondary N) is 1. The molecule has 21 heavy (non-hydrogen) atoms. The highest BCUT2D eigenvalue weighted by molar-refractivity contribution is 5.18. The lowest BCUT2D eigenvalue weighted by Crippen LogP contribution is -2.32. The van der Waals surface area contributed by atoms with Crippen LogP contribution in [0.15, 0.2) is 18.2 Å². The van der Waals surface area contributed by atoms with Crippen molar-refractivity contribution < 1.29 is 4.74 Å². The van der Waals surface area contributed by atoms with E-state index in [2.05, 4.69) is 35.2 Å². The van der Waals surface area contributed by atoms with Gasteiger partial charge in [0.1, 0.15) is 0 Å². The maximum Gasteiger partial charge on any atom is 0.213 e. The molecule has 1 aromatic rings. The van der Waals surface area contributed by atoms with Crippen molar-refractivity contribution in [3.05, 3.63) is 23.9 Å². The van der Waals surface area contributed by atoms with Gasteiger partial charge < -0.3 is 15.0 Å². The molecule has 118 valence electrons. The molecule has 2 heterocycles. The van der Waals surface area contributed by atoms with Gasteiger partial charge in [0.15, 0.2) is 0 Å². The van der Waals surface area contributed by atoms with E-state index in [0.717, 1.165) is 24.6 Å². The summed E-state index contributed by atoms with van der Waals surface area (Å²) in [5, 5.41) is 3.66. The first-order valence-corrected chi connectivity index (χ1v) is 8.15. The number of nitrogens with zero attached hydrogens (tertiary/aromatic N) is 2. The first-order valence-electron chi connectivity index (χ1n) is 8.15. The predicted molar refractivity (Wildman–Crippen MR) is 86.7 cm³/mol. The molecular formula is C17H29N3O. The van der Waals surface area contributed by atoms with Gasteiger partial charge in [-0.2, -0.15) is 0 Å². The van der Waals surface area contributed by atoms with E-state index < -0.39 is 0 Å². The van der Waals surface area contributed by atoms with Crippen LogP contribution in [0.3, 0.4) is 0 Å². The maximum absolute atomic E-state index is 5.22. The number of rotatable bonds is 7. The topological polar surface area (TPSA) is 37.4 Å². The zero-order valence-electron chi connectivity index (χ0n) is 13.6. The van der Waals surface area contributed by atoms with E-state index in [1.165, 1.54) is 32.4 Å². The van der Waals surface area contributed by atoms with Gasteiger partial charge >= 0.3 is 0 Å². The Morgan fingerprint density at radius 2 is 2.14 bits per heavy atom. The number of piperidine rings is 1. The third kappa shape index (κ3) is 4.97. The molecule has 0 bridgehead atoms. The summed E-state index contributed by atoms with van der Waals surface area (Å²) in [5.74, 6) is 1.58. The summed E-state index contributed by atoms with van der Waals surface area (Å²) in [5.41, 5.74) is 1.08. The molecule has 1 aromatic heterocycles. The highest BCUT2D eigenvalue weighted by Crippen LogP contribution is 2.21. The minimum Gasteiger partial charge on any atom is -0.481 e. The van der Waals surface area contributed by atoms with Crippen molar-refractivity contribution in [1.82, 2.24) is 15.2 Å². The Bertz CT molecular complexity index is 416. The van der Waals surface area contributed by atoms with Gasteiger partial charge in [0.05, 0.1) is 12.8 Å². The van der Waals surface area contributed by atoms with E-state index in [1.807, 2.05) is 12.1 Å². The van der Waals surface area contributed by atoms with Crippen LogP contribution in [0, 0.1) is 5.92 Å². The van der Waals surface area contributed by atoms with Crippen LogP contribution in [0.25, 0.3) is 0 Å². The minimum atomic E-state index is 0.325. The first kappa shape index (κ1) is 16.2. The van der Waals surface area contributed by atoms with E-state index in [0.29, 0.717) is 11.9 Å². The second-order valence-corrected chi connectivity index (χ2v) is 6.06. The second-order valence-electron chi connectivity index (χ2n) is 6.06. The Hall–Kier alpha value is -1.13. The van der Waals surface area contributed by atoms with Crippen molar-refractivity contribution in [2.45, 2.75) is 38.6 Å². The van der Waals surface area contributed by atoms with E-state index >= 15 is 0 Å². The molecule has 0 spiro atoms. The van der Waals surface area contributed by atoms with Crippen LogP contribution in [0.1, 0.15) is 44.3 Å². The quantitative estimate of drug-likeness (QED) is 0.838. The van der Waals surface area contributed by atoms with Crippen molar-refractivity contribution in [2.24, 2.45) is 5.92 Å². The molecule has 1 atom stereocenters. The lowest BCUT2D eigenvalue weighted by molar-refractivity contribution is 0.210. The third-order valence-corrected chi connectivity index (χ3v) is 4.50. The van der Waals surface area contributed by atoms with Crippen LogP contribution in [-0.4, -0.2) is 43.7 Å². The fourth-order valence-electron chi connectivity index (χ4n) is 3.01. The summed E-state index contributed by atoms with van der Waals surface area (Å²) in [7, 11) is 3.89. The second kappa shape index (κ2) is 8.35. The number of hydrogen-bond donors (Lipinski definition) is 1. The number of ether oxygens (including phenoxy) is 1. The summed E-state index contributed by atoms with van der Waals surface area (Å²) >= 11 is 0. The van der Waals surface area contributed by atoms with Crippen molar-refractivity contribution in [1.29, 1.82) is 0 Å². The Morgan fingerprint density at radius 1 is 1.38 bits per heavy atom. The molecule has 1 aliphatic rings. The van der Waals surface area contributed by atoms with E-state index in [9.17, 15) is 0 Å². The highest BCUT2D eigenvalue weighted by atomic mass is 16.5. The molecule has 0 saturated carbocycles. The Kier molecular flexibility index (Phi) is 6.46. The number of hydrogen-bond acceptors (Lipinski definition) is 4. The van der Waals surface area contributed by atoms with Crippen LogP contribution in [0.4, 0.5) is 0 Å². The molecule has 0 amide bonds. The van der Waals surface area contributed by atoms with Crippen LogP contribution in [0.5, 0.6) is 5.88 Å². The largest absolute Gasteiger partial charge is 0.481 e. The van der Waals surface area contributed by atoms with Crippen molar-refractivity contribution in [3.63, 3.8) is 0 Å². The summed E-state index contributed by atoms with van der Waals surface area (Å²) in [6.45, 7) is 5.78. The molecule has 1 N–H and O–H groups in total. The van der Waals surface area contributed by atoms with Crippen molar-refractivity contribution in [3.8, 4) is 5.88 Å². The summed E-state index contributed by atoms with van der Waals surface area (Å²) in [6.07, 6.45) is 5.00. The van der Waals surface area contributed by atoms with Gasteiger partial charge in [-0.25, -0.2) is 4.98 Å². The van der Waals surface area contributed by atoms with E-state index in [1.54, 1.807) is 7.11 Å². The molecule has 0 aliphatic carbocycles. The molecule has 1 fully saturated rings. The Morgan fingerprint density at radius 3 is 2.81 bits per heavy atom. The summed E-state index contributed by atoms with van der Waals surface area (Å²) in [4.78, 5) is 6.98. The molecule has 2 rings (SSSR count). The number of likely N-dealkylation sites (tertiary alicyclic amines) is 1. The van der Waals surface area contributed by atoms with Crippen LogP contribution < -0.4 is 10.1 Å². The number of pyridine rings is 1. The first-order chi connectivity index (χ1) is 10.2. The molecule has 0 aromatic carbocycles. The van der Waals surface area contributed by atoms with E-state index in [4.69, 9.17) is 4.74 Å². The zero-order chi connectivity index (χ0) is 15.1. The van der Waals surface area contributed by atoms with Crippen molar-refractivity contribution >= 4 is 0 Å². The Labute approximate surface area is 128 Å². The summed E-state index contributed by atoms with van der Waals surface area (Å²) in [6, 6.07) is 6.32. The molecule has 1 saturated heterocycles. The maximum atomic E-state index is 5.22. The van der Waals surface area contributed by atoms with Crippen LogP contribution in [0.2, 0.25) is 0 Å². The SMILES string of the molecule is CCC(NCCC1CCN(C)CC1)c1cccc(OC)n1. The standard InChI is InChI=1S/C17H29N3O/c1-4-15(16-6-5-7-17(19-16)21-3)18-11-8-14-9-12-20(2)13-10-14/h5-7,14-15,18H,4,8-13H2,1-3H3. The lowest BCUT2D eigenvalue weighted by Gasteiger charge is -2.29. The average molecular weight is 291 g/mol. The summed E-state index contributed by atoms with van der Waals surface area (Å²) < 4.78 is 5.22. The third-order valence-electron chi connectivity index (χ3n) is 4.50. The van der Waals surface area contributed by atoms with Gasteiger partial charge in [0.25, 0.3) is 0 Å². The zero-order valence-corrected chi connectivity index (χ0v) is 13.6. The lowest BCUT2D eigenvalue weighted by atomic mass is 9.93. The van der Waals surface area contributed by atoms with Gasteiger partial charge in [-0.15, -0.1) is 0 Å². The monoisotopic (exact) mass is 291 g/mol. The van der Waals surface area contributed by atoms with Crippen molar-refractivity contribution in [2.75, 3.05) is 33.8 Å². The molecule has 1 unspecified atom stereocenters. The Balaban J connectivity index is 1.79. The fraction of sp³-hybridized carbons (Fsp3) is 0.706. The predicted octanol–water partition coefficient (Wildman–Crippen LogP) is 2.86. The molecule has 1 aliphatic heterocycles. The fourth-order valence-corrected chi connectivity index (χ4v) is 3.01. The van der Waals surface area contributed by atoms with Gasteiger partial charge in [0, 0.05) is 12.1 Å². The number of aromatic nitrogens is 1.